The van der Waals surface area contributed by atoms with Gasteiger partial charge in [0.05, 0.1) is 19.8 Å². The number of ether oxygens (including phenoxy) is 3. The van der Waals surface area contributed by atoms with Crippen LogP contribution in [0.4, 0.5) is 0 Å². The summed E-state index contributed by atoms with van der Waals surface area (Å²) in [6, 6.07) is 13.6. The van der Waals surface area contributed by atoms with Crippen LogP contribution in [0.5, 0.6) is 11.5 Å². The molecule has 0 aliphatic carbocycles. The van der Waals surface area contributed by atoms with Gasteiger partial charge in [0, 0.05) is 37.6 Å². The van der Waals surface area contributed by atoms with Crippen LogP contribution in [-0.4, -0.2) is 44.6 Å². The fraction of sp³-hybridized carbons (Fsp3) is 0.594. The molecule has 3 atom stereocenters. The summed E-state index contributed by atoms with van der Waals surface area (Å²) in [5, 5.41) is 14.6. The number of carbonyl (C=O) groups excluding carboxylic acids is 1. The van der Waals surface area contributed by atoms with E-state index in [1.807, 2.05) is 44.2 Å². The van der Waals surface area contributed by atoms with E-state index in [9.17, 15) is 9.90 Å². The predicted octanol–water partition coefficient (Wildman–Crippen LogP) is 6.70. The van der Waals surface area contributed by atoms with E-state index < -0.39 is 6.10 Å². The van der Waals surface area contributed by atoms with E-state index >= 15 is 0 Å². The van der Waals surface area contributed by atoms with Crippen molar-refractivity contribution in [2.75, 3.05) is 27.4 Å². The van der Waals surface area contributed by atoms with E-state index in [1.54, 1.807) is 14.2 Å². The maximum atomic E-state index is 13.0. The molecule has 0 aromatic heterocycles. The van der Waals surface area contributed by atoms with Crippen LogP contribution < -0.4 is 14.8 Å². The van der Waals surface area contributed by atoms with Crippen molar-refractivity contribution in [2.24, 2.45) is 23.7 Å². The minimum absolute atomic E-state index is 0.0411. The Labute approximate surface area is 240 Å². The first-order valence-corrected chi connectivity index (χ1v) is 14.5. The van der Waals surface area contributed by atoms with Gasteiger partial charge in [-0.05, 0) is 72.8 Å². The molecule has 0 radical (unpaired) electrons. The van der Waals surface area contributed by atoms with Crippen LogP contribution in [-0.2, 0) is 22.5 Å². The number of aliphatic hydroxyl groups is 1. The summed E-state index contributed by atoms with van der Waals surface area (Å²) in [6.07, 6.45) is 3.13. The van der Waals surface area contributed by atoms with Crippen LogP contribution in [0.3, 0.4) is 0 Å². The van der Waals surface area contributed by atoms with Crippen molar-refractivity contribution < 1.29 is 24.1 Å². The third-order valence-electron chi connectivity index (χ3n) is 7.37. The summed E-state index contributed by atoms with van der Waals surface area (Å²) in [6.45, 7) is 10.1. The lowest BCUT2D eigenvalue weighted by Gasteiger charge is -2.26. The third-order valence-corrected chi connectivity index (χ3v) is 7.74. The van der Waals surface area contributed by atoms with Crippen LogP contribution in [0.1, 0.15) is 64.5 Å². The Kier molecular flexibility index (Phi) is 14.7. The second-order valence-corrected chi connectivity index (χ2v) is 11.4. The number of hydrogen-bond acceptors (Lipinski definition) is 5. The number of hydrogen-bond donors (Lipinski definition) is 2. The van der Waals surface area contributed by atoms with Crippen LogP contribution in [0, 0.1) is 23.7 Å². The molecule has 0 aliphatic heterocycles. The Morgan fingerprint density at radius 2 is 1.72 bits per heavy atom. The SMILES string of the molecule is COCCCOc1cc(CC(CC[C@@H](O)CC(C(=O)NCc2ccccc2Cl)C(C)C)C(C)C)ccc1OC. The number of rotatable bonds is 18. The highest BCUT2D eigenvalue weighted by Crippen LogP contribution is 2.32. The molecule has 7 heteroatoms. The summed E-state index contributed by atoms with van der Waals surface area (Å²) in [7, 11) is 3.33. The fourth-order valence-electron chi connectivity index (χ4n) is 4.77. The quantitative estimate of drug-likeness (QED) is 0.198. The maximum Gasteiger partial charge on any atom is 0.223 e. The Morgan fingerprint density at radius 3 is 2.36 bits per heavy atom. The molecule has 0 bridgehead atoms. The second kappa shape index (κ2) is 17.4. The van der Waals surface area contributed by atoms with Crippen LogP contribution in [0.25, 0.3) is 0 Å². The summed E-state index contributed by atoms with van der Waals surface area (Å²) < 4.78 is 16.6. The zero-order valence-electron chi connectivity index (χ0n) is 24.5. The Balaban J connectivity index is 1.95. The fourth-order valence-corrected chi connectivity index (χ4v) is 4.98. The molecule has 0 spiro atoms. The monoisotopic (exact) mass is 561 g/mol. The van der Waals surface area contributed by atoms with Crippen molar-refractivity contribution in [1.29, 1.82) is 0 Å². The zero-order chi connectivity index (χ0) is 28.8. The number of carbonyl (C=O) groups is 1. The van der Waals surface area contributed by atoms with E-state index in [2.05, 4.69) is 31.3 Å². The molecule has 0 aliphatic rings. The van der Waals surface area contributed by atoms with Gasteiger partial charge >= 0.3 is 0 Å². The molecule has 2 rings (SSSR count). The highest BCUT2D eigenvalue weighted by Gasteiger charge is 2.26. The summed E-state index contributed by atoms with van der Waals surface area (Å²) in [4.78, 5) is 13.0. The topological polar surface area (TPSA) is 77.0 Å². The van der Waals surface area contributed by atoms with Crippen molar-refractivity contribution in [3.63, 3.8) is 0 Å². The van der Waals surface area contributed by atoms with E-state index in [4.69, 9.17) is 25.8 Å². The van der Waals surface area contributed by atoms with Gasteiger partial charge in [-0.2, -0.15) is 0 Å². The lowest BCUT2D eigenvalue weighted by Crippen LogP contribution is -2.35. The molecule has 6 nitrogen and oxygen atoms in total. The van der Waals surface area contributed by atoms with E-state index in [0.717, 1.165) is 36.3 Å². The average Bonchev–Trinajstić information content (AvgIpc) is 2.91. The molecular weight excluding hydrogens is 514 g/mol. The molecule has 1 amide bonds. The second-order valence-electron chi connectivity index (χ2n) is 11.0. The maximum absolute atomic E-state index is 13.0. The predicted molar refractivity (Wildman–Crippen MR) is 158 cm³/mol. The van der Waals surface area contributed by atoms with Gasteiger partial charge in [-0.15, -0.1) is 0 Å². The van der Waals surface area contributed by atoms with Gasteiger partial charge in [0.25, 0.3) is 0 Å². The molecule has 218 valence electrons. The van der Waals surface area contributed by atoms with Crippen molar-refractivity contribution in [1.82, 2.24) is 5.32 Å². The number of nitrogens with one attached hydrogen (secondary N) is 1. The lowest BCUT2D eigenvalue weighted by molar-refractivity contribution is -0.127. The van der Waals surface area contributed by atoms with Crippen molar-refractivity contribution in [2.45, 2.75) is 72.4 Å². The first-order valence-electron chi connectivity index (χ1n) is 14.1. The molecule has 0 fully saturated rings. The van der Waals surface area contributed by atoms with Crippen LogP contribution in [0.2, 0.25) is 5.02 Å². The van der Waals surface area contributed by atoms with Crippen molar-refractivity contribution in [3.05, 3.63) is 58.6 Å². The Bertz CT molecular complexity index is 996. The van der Waals surface area contributed by atoms with Gasteiger partial charge in [-0.25, -0.2) is 0 Å². The largest absolute Gasteiger partial charge is 0.493 e. The molecule has 2 unspecified atom stereocenters. The van der Waals surface area contributed by atoms with E-state index in [0.29, 0.717) is 49.5 Å². The van der Waals surface area contributed by atoms with Gasteiger partial charge in [0.15, 0.2) is 11.5 Å². The van der Waals surface area contributed by atoms with Gasteiger partial charge in [-0.1, -0.05) is 63.6 Å². The summed E-state index contributed by atoms with van der Waals surface area (Å²) >= 11 is 6.24. The van der Waals surface area contributed by atoms with E-state index in [-0.39, 0.29) is 17.7 Å². The van der Waals surface area contributed by atoms with Gasteiger partial charge in [-0.3, -0.25) is 4.79 Å². The molecule has 2 N–H and O–H groups in total. The third kappa shape index (κ3) is 11.4. The molecule has 2 aromatic carbocycles. The molecule has 0 saturated heterocycles. The number of amides is 1. The normalized spacial score (nSPS) is 13.8. The highest BCUT2D eigenvalue weighted by molar-refractivity contribution is 6.31. The molecule has 39 heavy (non-hydrogen) atoms. The molecule has 0 saturated carbocycles. The van der Waals surface area contributed by atoms with Gasteiger partial charge in [0.1, 0.15) is 0 Å². The minimum Gasteiger partial charge on any atom is -0.493 e. The van der Waals surface area contributed by atoms with Crippen molar-refractivity contribution >= 4 is 17.5 Å². The highest BCUT2D eigenvalue weighted by atomic mass is 35.5. The summed E-state index contributed by atoms with van der Waals surface area (Å²) in [5.41, 5.74) is 2.07. The standard InChI is InChI=1S/C32H48ClNO5/c1-22(2)25(18-24-12-15-30(38-6)31(19-24)39-17-9-16-37-5)13-14-27(35)20-28(23(3)4)32(36)34-21-26-10-7-8-11-29(26)33/h7-8,10-12,15,19,22-23,25,27-28,35H,9,13-14,16-18,20-21H2,1-6H3,(H,34,36)/t25?,27-,28?/m1/s1. The van der Waals surface area contributed by atoms with Crippen LogP contribution >= 0.6 is 11.6 Å². The minimum atomic E-state index is -0.541. The van der Waals surface area contributed by atoms with Crippen molar-refractivity contribution in [3.8, 4) is 11.5 Å². The van der Waals surface area contributed by atoms with E-state index in [1.165, 1.54) is 5.56 Å². The molecule has 0 heterocycles. The average molecular weight is 562 g/mol. The smallest absolute Gasteiger partial charge is 0.223 e. The number of methoxy groups -OCH3 is 2. The van der Waals surface area contributed by atoms with Gasteiger partial charge < -0.3 is 24.6 Å². The van der Waals surface area contributed by atoms with Crippen LogP contribution in [0.15, 0.2) is 42.5 Å². The van der Waals surface area contributed by atoms with Gasteiger partial charge in [0.2, 0.25) is 5.91 Å². The number of halogens is 1. The number of aliphatic hydroxyl groups excluding tert-OH is 1. The molecule has 2 aromatic rings. The zero-order valence-corrected chi connectivity index (χ0v) is 25.3. The summed E-state index contributed by atoms with van der Waals surface area (Å²) in [5.74, 6) is 2.12. The Hall–Kier alpha value is -2.28. The lowest BCUT2D eigenvalue weighted by atomic mass is 9.82. The molecular formula is C32H48ClNO5. The number of benzene rings is 2. The first-order chi connectivity index (χ1) is 18.7. The Morgan fingerprint density at radius 1 is 0.974 bits per heavy atom. The first kappa shape index (κ1) is 32.9.